The van der Waals surface area contributed by atoms with Crippen LogP contribution in [0.2, 0.25) is 0 Å². The van der Waals surface area contributed by atoms with Crippen molar-refractivity contribution in [2.24, 2.45) is 7.05 Å². The summed E-state index contributed by atoms with van der Waals surface area (Å²) >= 11 is 0. The van der Waals surface area contributed by atoms with Gasteiger partial charge < -0.3 is 15.2 Å². The van der Waals surface area contributed by atoms with Crippen LogP contribution in [-0.4, -0.2) is 22.4 Å². The number of carbonyl (C=O) groups excluding carboxylic acids is 1. The number of benzene rings is 1. The third-order valence-electron chi connectivity index (χ3n) is 3.01. The van der Waals surface area contributed by atoms with Crippen LogP contribution in [0.5, 0.6) is 5.75 Å². The number of hydrogen-bond donors (Lipinski definition) is 1. The van der Waals surface area contributed by atoms with Crippen molar-refractivity contribution in [3.05, 3.63) is 41.7 Å². The van der Waals surface area contributed by atoms with Gasteiger partial charge in [0.15, 0.2) is 6.61 Å². The summed E-state index contributed by atoms with van der Waals surface area (Å²) in [6.07, 6.45) is 0.849. The van der Waals surface area contributed by atoms with Crippen molar-refractivity contribution < 1.29 is 14.3 Å². The van der Waals surface area contributed by atoms with E-state index in [9.17, 15) is 4.79 Å². The molecule has 0 aliphatic heterocycles. The van der Waals surface area contributed by atoms with Gasteiger partial charge >= 0.3 is 5.97 Å². The van der Waals surface area contributed by atoms with Gasteiger partial charge in [-0.3, -0.25) is 4.68 Å². The number of aromatic nitrogens is 2. The molecule has 0 bridgehead atoms. The first kappa shape index (κ1) is 14.9. The minimum absolute atomic E-state index is 0.137. The van der Waals surface area contributed by atoms with Crippen LogP contribution < -0.4 is 10.5 Å². The van der Waals surface area contributed by atoms with E-state index < -0.39 is 5.97 Å². The van der Waals surface area contributed by atoms with Crippen molar-refractivity contribution in [3.63, 3.8) is 0 Å². The summed E-state index contributed by atoms with van der Waals surface area (Å²) in [5.74, 6) is 0.154. The van der Waals surface area contributed by atoms with Crippen molar-refractivity contribution in [1.82, 2.24) is 9.78 Å². The van der Waals surface area contributed by atoms with Crippen molar-refractivity contribution in [3.8, 4) is 5.75 Å². The third-order valence-corrected chi connectivity index (χ3v) is 3.01. The maximum atomic E-state index is 11.6. The van der Waals surface area contributed by atoms with Gasteiger partial charge in [0, 0.05) is 12.7 Å². The number of ether oxygens (including phenoxy) is 2. The molecule has 1 aromatic carbocycles. The van der Waals surface area contributed by atoms with Gasteiger partial charge in [-0.2, -0.15) is 5.10 Å². The number of aryl methyl sites for hydroxylation is 2. The third kappa shape index (κ3) is 4.24. The van der Waals surface area contributed by atoms with Gasteiger partial charge in [0.1, 0.15) is 12.4 Å². The molecule has 2 rings (SSSR count). The monoisotopic (exact) mass is 289 g/mol. The van der Waals surface area contributed by atoms with Crippen LogP contribution in [0.4, 0.5) is 5.69 Å². The molecule has 0 radical (unpaired) electrons. The average molecular weight is 289 g/mol. The summed E-state index contributed by atoms with van der Waals surface area (Å²) in [7, 11) is 1.83. The standard InChI is InChI=1S/C15H19N3O3/c1-3-12-8-13(18(2)17-12)9-21-15(19)10-20-14-6-4-11(16)5-7-14/h4-8H,3,9-10,16H2,1-2H3. The molecule has 6 heteroatoms. The summed E-state index contributed by atoms with van der Waals surface area (Å²) in [4.78, 5) is 11.6. The molecule has 21 heavy (non-hydrogen) atoms. The topological polar surface area (TPSA) is 79.4 Å². The minimum Gasteiger partial charge on any atom is -0.482 e. The Hall–Kier alpha value is -2.50. The maximum absolute atomic E-state index is 11.6. The molecule has 0 saturated heterocycles. The van der Waals surface area contributed by atoms with Crippen molar-refractivity contribution in [1.29, 1.82) is 0 Å². The number of nitrogen functional groups attached to an aromatic ring is 1. The van der Waals surface area contributed by atoms with E-state index in [4.69, 9.17) is 15.2 Å². The Bertz CT molecular complexity index is 605. The molecule has 1 heterocycles. The Balaban J connectivity index is 1.79. The first-order chi connectivity index (χ1) is 10.1. The highest BCUT2D eigenvalue weighted by Gasteiger charge is 2.08. The van der Waals surface area contributed by atoms with Crippen molar-refractivity contribution in [2.75, 3.05) is 12.3 Å². The number of nitrogens with two attached hydrogens (primary N) is 1. The van der Waals surface area contributed by atoms with Crippen molar-refractivity contribution >= 4 is 11.7 Å². The first-order valence-electron chi connectivity index (χ1n) is 6.74. The fraction of sp³-hybridized carbons (Fsp3) is 0.333. The second-order valence-corrected chi connectivity index (χ2v) is 4.62. The van der Waals surface area contributed by atoms with Crippen LogP contribution in [0.15, 0.2) is 30.3 Å². The van der Waals surface area contributed by atoms with Gasteiger partial charge in [-0.1, -0.05) is 6.92 Å². The number of carbonyl (C=O) groups is 1. The zero-order valence-electron chi connectivity index (χ0n) is 12.2. The quantitative estimate of drug-likeness (QED) is 0.646. The number of rotatable bonds is 6. The average Bonchev–Trinajstić information content (AvgIpc) is 2.85. The molecule has 6 nitrogen and oxygen atoms in total. The van der Waals surface area contributed by atoms with Gasteiger partial charge in [-0.05, 0) is 36.8 Å². The molecule has 112 valence electrons. The Morgan fingerprint density at radius 1 is 1.33 bits per heavy atom. The summed E-state index contributed by atoms with van der Waals surface area (Å²) in [5.41, 5.74) is 8.04. The smallest absolute Gasteiger partial charge is 0.344 e. The largest absolute Gasteiger partial charge is 0.482 e. The lowest BCUT2D eigenvalue weighted by Crippen LogP contribution is -2.15. The van der Waals surface area contributed by atoms with Crippen LogP contribution in [0.25, 0.3) is 0 Å². The zero-order valence-corrected chi connectivity index (χ0v) is 12.2. The SMILES string of the molecule is CCc1cc(COC(=O)COc2ccc(N)cc2)n(C)n1. The molecule has 0 fully saturated rings. The highest BCUT2D eigenvalue weighted by molar-refractivity contribution is 5.71. The molecule has 0 amide bonds. The summed E-state index contributed by atoms with van der Waals surface area (Å²) in [5, 5.41) is 4.29. The fourth-order valence-electron chi connectivity index (χ4n) is 1.78. The number of esters is 1. The van der Waals surface area contributed by atoms with E-state index in [2.05, 4.69) is 5.10 Å². The van der Waals surface area contributed by atoms with Crippen LogP contribution in [0, 0.1) is 0 Å². The van der Waals surface area contributed by atoms with E-state index in [0.717, 1.165) is 17.8 Å². The number of hydrogen-bond acceptors (Lipinski definition) is 5. The highest BCUT2D eigenvalue weighted by atomic mass is 16.6. The minimum atomic E-state index is -0.425. The Morgan fingerprint density at radius 2 is 2.05 bits per heavy atom. The molecule has 0 unspecified atom stereocenters. The second-order valence-electron chi connectivity index (χ2n) is 4.62. The predicted octanol–water partition coefficient (Wildman–Crippen LogP) is 1.69. The fourth-order valence-corrected chi connectivity index (χ4v) is 1.78. The summed E-state index contributed by atoms with van der Waals surface area (Å²) < 4.78 is 12.2. The normalized spacial score (nSPS) is 10.4. The molecule has 0 aliphatic rings. The van der Waals surface area contributed by atoms with Crippen LogP contribution in [0.1, 0.15) is 18.3 Å². The molecule has 2 aromatic rings. The first-order valence-corrected chi connectivity index (χ1v) is 6.74. The van der Waals surface area contributed by atoms with E-state index in [-0.39, 0.29) is 13.2 Å². The molecule has 0 atom stereocenters. The Morgan fingerprint density at radius 3 is 2.67 bits per heavy atom. The number of nitrogens with zero attached hydrogens (tertiary/aromatic N) is 2. The molecule has 0 spiro atoms. The second kappa shape index (κ2) is 6.78. The molecule has 1 aromatic heterocycles. The van der Waals surface area contributed by atoms with E-state index in [1.54, 1.807) is 28.9 Å². The highest BCUT2D eigenvalue weighted by Crippen LogP contribution is 2.13. The Kier molecular flexibility index (Phi) is 4.81. The number of anilines is 1. The van der Waals surface area contributed by atoms with Gasteiger partial charge in [-0.15, -0.1) is 0 Å². The van der Waals surface area contributed by atoms with Crippen LogP contribution in [0.3, 0.4) is 0 Å². The Labute approximate surface area is 123 Å². The van der Waals surface area contributed by atoms with Gasteiger partial charge in [0.25, 0.3) is 0 Å². The summed E-state index contributed by atoms with van der Waals surface area (Å²) in [6.45, 7) is 2.08. The van der Waals surface area contributed by atoms with Gasteiger partial charge in [-0.25, -0.2) is 4.79 Å². The van der Waals surface area contributed by atoms with Crippen molar-refractivity contribution in [2.45, 2.75) is 20.0 Å². The molecule has 2 N–H and O–H groups in total. The van der Waals surface area contributed by atoms with Crippen LogP contribution in [-0.2, 0) is 29.6 Å². The van der Waals surface area contributed by atoms with Crippen LogP contribution >= 0.6 is 0 Å². The molecular formula is C15H19N3O3. The van der Waals surface area contributed by atoms with E-state index in [0.29, 0.717) is 11.4 Å². The zero-order chi connectivity index (χ0) is 15.2. The van der Waals surface area contributed by atoms with E-state index in [1.165, 1.54) is 0 Å². The summed E-state index contributed by atoms with van der Waals surface area (Å²) in [6, 6.07) is 8.76. The predicted molar refractivity (Wildman–Crippen MR) is 78.7 cm³/mol. The molecule has 0 aliphatic carbocycles. The lowest BCUT2D eigenvalue weighted by molar-refractivity contribution is -0.147. The van der Waals surface area contributed by atoms with E-state index >= 15 is 0 Å². The maximum Gasteiger partial charge on any atom is 0.344 e. The van der Waals surface area contributed by atoms with E-state index in [1.807, 2.05) is 20.0 Å². The lowest BCUT2D eigenvalue weighted by atomic mass is 10.3. The van der Waals surface area contributed by atoms with Gasteiger partial charge in [0.05, 0.1) is 11.4 Å². The molecule has 0 saturated carbocycles. The lowest BCUT2D eigenvalue weighted by Gasteiger charge is -2.07. The van der Waals surface area contributed by atoms with Gasteiger partial charge in [0.2, 0.25) is 0 Å². The molecular weight excluding hydrogens is 270 g/mol.